The van der Waals surface area contributed by atoms with E-state index < -0.39 is 27.1 Å². The highest BCUT2D eigenvalue weighted by Gasteiger charge is 2.34. The van der Waals surface area contributed by atoms with Crippen molar-refractivity contribution in [3.05, 3.63) is 0 Å². The quantitative estimate of drug-likeness (QED) is 0.631. The minimum atomic E-state index is -3.99. The maximum atomic E-state index is 11.9. The van der Waals surface area contributed by atoms with E-state index in [1.54, 1.807) is 6.92 Å². The van der Waals surface area contributed by atoms with Crippen molar-refractivity contribution < 1.29 is 23.1 Å². The molecular weight excluding hydrogens is 248 g/mol. The Morgan fingerprint density at radius 3 is 2.29 bits per heavy atom. The summed E-state index contributed by atoms with van der Waals surface area (Å²) in [5, 5.41) is 9.46. The molecule has 8 heteroatoms. The van der Waals surface area contributed by atoms with Gasteiger partial charge in [-0.3, -0.25) is 9.59 Å². The molecule has 0 aliphatic rings. The molecule has 0 aromatic heterocycles. The van der Waals surface area contributed by atoms with Gasteiger partial charge in [0.15, 0.2) is 5.25 Å². The Balaban J connectivity index is 5.04. The van der Waals surface area contributed by atoms with Crippen LogP contribution in [-0.2, 0) is 19.6 Å². The zero-order valence-electron chi connectivity index (χ0n) is 10.1. The maximum Gasteiger partial charge on any atom is 0.323 e. The molecule has 0 bridgehead atoms. The van der Waals surface area contributed by atoms with Crippen LogP contribution in [0, 0.1) is 0 Å². The lowest BCUT2D eigenvalue weighted by atomic mass is 10.4. The Hall–Kier alpha value is -1.15. The van der Waals surface area contributed by atoms with Crippen molar-refractivity contribution in [2.45, 2.75) is 25.5 Å². The number of rotatable bonds is 7. The number of nitrogens with zero attached hydrogens (tertiary/aromatic N) is 1. The van der Waals surface area contributed by atoms with Gasteiger partial charge in [-0.1, -0.05) is 6.92 Å². The van der Waals surface area contributed by atoms with E-state index in [9.17, 15) is 18.0 Å². The van der Waals surface area contributed by atoms with Crippen LogP contribution in [0.25, 0.3) is 0 Å². The van der Waals surface area contributed by atoms with Crippen molar-refractivity contribution in [2.75, 3.05) is 20.1 Å². The standard InChI is InChI=1S/C9H18N2O5S/c1-4-5-11(6-8(12)10-3)17(15,16)7(2)9(13)14/h7H,4-6H2,1-3H3,(H,10,12)(H,13,14). The number of aliphatic carboxylic acids is 1. The summed E-state index contributed by atoms with van der Waals surface area (Å²) in [6.07, 6.45) is 0.503. The smallest absolute Gasteiger partial charge is 0.323 e. The molecule has 100 valence electrons. The van der Waals surface area contributed by atoms with E-state index in [1.165, 1.54) is 7.05 Å². The third-order valence-corrected chi connectivity index (χ3v) is 4.35. The number of sulfonamides is 1. The van der Waals surface area contributed by atoms with Crippen LogP contribution in [0.15, 0.2) is 0 Å². The van der Waals surface area contributed by atoms with Gasteiger partial charge in [0.1, 0.15) is 0 Å². The number of carboxylic acid groups (broad SMARTS) is 1. The molecule has 0 saturated heterocycles. The summed E-state index contributed by atoms with van der Waals surface area (Å²) in [5.41, 5.74) is 0. The van der Waals surface area contributed by atoms with Crippen molar-refractivity contribution >= 4 is 21.9 Å². The first-order valence-corrected chi connectivity index (χ1v) is 6.70. The fraction of sp³-hybridized carbons (Fsp3) is 0.778. The molecule has 0 radical (unpaired) electrons. The summed E-state index contributed by atoms with van der Waals surface area (Å²) in [6.45, 7) is 2.60. The largest absolute Gasteiger partial charge is 0.480 e. The summed E-state index contributed by atoms with van der Waals surface area (Å²) in [7, 11) is -2.61. The van der Waals surface area contributed by atoms with Gasteiger partial charge in [0.05, 0.1) is 6.54 Å². The fourth-order valence-electron chi connectivity index (χ4n) is 1.14. The third-order valence-electron chi connectivity index (χ3n) is 2.23. The molecule has 0 aliphatic heterocycles. The predicted octanol–water partition coefficient (Wildman–Crippen LogP) is -0.753. The van der Waals surface area contributed by atoms with Gasteiger partial charge in [0.25, 0.3) is 0 Å². The zero-order chi connectivity index (χ0) is 13.6. The predicted molar refractivity (Wildman–Crippen MR) is 61.9 cm³/mol. The minimum absolute atomic E-state index is 0.118. The highest BCUT2D eigenvalue weighted by atomic mass is 32.2. The Morgan fingerprint density at radius 2 is 1.94 bits per heavy atom. The van der Waals surface area contributed by atoms with Crippen LogP contribution in [0.2, 0.25) is 0 Å². The van der Waals surface area contributed by atoms with Crippen LogP contribution in [0.3, 0.4) is 0 Å². The van der Waals surface area contributed by atoms with Gasteiger partial charge in [-0.2, -0.15) is 4.31 Å². The summed E-state index contributed by atoms with van der Waals surface area (Å²) >= 11 is 0. The lowest BCUT2D eigenvalue weighted by molar-refractivity contribution is -0.136. The molecule has 0 aliphatic carbocycles. The number of likely N-dealkylation sites (N-methyl/N-ethyl adjacent to an activating group) is 1. The summed E-state index contributed by atoms with van der Waals surface area (Å²) in [4.78, 5) is 21.9. The molecule has 17 heavy (non-hydrogen) atoms. The summed E-state index contributed by atoms with van der Waals surface area (Å²) in [5.74, 6) is -1.90. The first-order chi connectivity index (χ1) is 7.77. The van der Waals surface area contributed by atoms with Crippen LogP contribution in [-0.4, -0.2) is 55.1 Å². The number of carbonyl (C=O) groups excluding carboxylic acids is 1. The second-order valence-electron chi connectivity index (χ2n) is 3.53. The molecule has 1 unspecified atom stereocenters. The molecule has 1 atom stereocenters. The lowest BCUT2D eigenvalue weighted by Crippen LogP contribution is -2.45. The third kappa shape index (κ3) is 4.31. The summed E-state index contributed by atoms with van der Waals surface area (Å²) in [6, 6.07) is 0. The van der Waals surface area contributed by atoms with Crippen LogP contribution in [0.4, 0.5) is 0 Å². The number of amides is 1. The molecule has 2 N–H and O–H groups in total. The lowest BCUT2D eigenvalue weighted by Gasteiger charge is -2.22. The number of carbonyl (C=O) groups is 2. The van der Waals surface area contributed by atoms with E-state index in [-0.39, 0.29) is 13.1 Å². The Labute approximate surface area is 101 Å². The number of nitrogens with one attached hydrogen (secondary N) is 1. The first-order valence-electron chi connectivity index (χ1n) is 5.19. The van der Waals surface area contributed by atoms with Crippen molar-refractivity contribution in [3.63, 3.8) is 0 Å². The molecular formula is C9H18N2O5S. The van der Waals surface area contributed by atoms with E-state index in [0.29, 0.717) is 6.42 Å². The van der Waals surface area contributed by atoms with Gasteiger partial charge in [-0.05, 0) is 13.3 Å². The molecule has 0 saturated carbocycles. The first kappa shape index (κ1) is 15.9. The maximum absolute atomic E-state index is 11.9. The van der Waals surface area contributed by atoms with Gasteiger partial charge < -0.3 is 10.4 Å². The van der Waals surface area contributed by atoms with Crippen LogP contribution >= 0.6 is 0 Å². The minimum Gasteiger partial charge on any atom is -0.480 e. The van der Waals surface area contributed by atoms with Gasteiger partial charge in [0, 0.05) is 13.6 Å². The summed E-state index contributed by atoms with van der Waals surface area (Å²) < 4.78 is 24.7. The molecule has 0 heterocycles. The van der Waals surface area contributed by atoms with Crippen LogP contribution in [0.1, 0.15) is 20.3 Å². The second-order valence-corrected chi connectivity index (χ2v) is 5.79. The van der Waals surface area contributed by atoms with Crippen molar-refractivity contribution in [1.29, 1.82) is 0 Å². The van der Waals surface area contributed by atoms with E-state index in [0.717, 1.165) is 11.2 Å². The van der Waals surface area contributed by atoms with Crippen molar-refractivity contribution in [1.82, 2.24) is 9.62 Å². The van der Waals surface area contributed by atoms with Gasteiger partial charge in [-0.25, -0.2) is 8.42 Å². The normalized spacial score (nSPS) is 13.4. The van der Waals surface area contributed by atoms with Gasteiger partial charge in [-0.15, -0.1) is 0 Å². The monoisotopic (exact) mass is 266 g/mol. The second kappa shape index (κ2) is 6.55. The molecule has 0 aromatic rings. The molecule has 7 nitrogen and oxygen atoms in total. The number of hydrogen-bond donors (Lipinski definition) is 2. The molecule has 0 aromatic carbocycles. The van der Waals surface area contributed by atoms with Gasteiger partial charge in [0.2, 0.25) is 15.9 Å². The van der Waals surface area contributed by atoms with E-state index in [1.807, 2.05) is 0 Å². The van der Waals surface area contributed by atoms with E-state index >= 15 is 0 Å². The number of carboxylic acids is 1. The average molecular weight is 266 g/mol. The van der Waals surface area contributed by atoms with Crippen molar-refractivity contribution in [3.8, 4) is 0 Å². The molecule has 0 fully saturated rings. The Kier molecular flexibility index (Phi) is 6.11. The zero-order valence-corrected chi connectivity index (χ0v) is 11.0. The number of hydrogen-bond acceptors (Lipinski definition) is 4. The van der Waals surface area contributed by atoms with E-state index in [4.69, 9.17) is 5.11 Å². The van der Waals surface area contributed by atoms with Gasteiger partial charge >= 0.3 is 5.97 Å². The Bertz CT molecular complexity index is 379. The SMILES string of the molecule is CCCN(CC(=O)NC)S(=O)(=O)C(C)C(=O)O. The van der Waals surface area contributed by atoms with Crippen molar-refractivity contribution in [2.24, 2.45) is 0 Å². The van der Waals surface area contributed by atoms with E-state index in [2.05, 4.69) is 5.32 Å². The molecule has 0 rings (SSSR count). The highest BCUT2D eigenvalue weighted by Crippen LogP contribution is 2.09. The Morgan fingerprint density at radius 1 is 1.41 bits per heavy atom. The fourth-order valence-corrected chi connectivity index (χ4v) is 2.57. The van der Waals surface area contributed by atoms with Crippen LogP contribution < -0.4 is 5.32 Å². The topological polar surface area (TPSA) is 104 Å². The highest BCUT2D eigenvalue weighted by molar-refractivity contribution is 7.90. The van der Waals surface area contributed by atoms with Crippen LogP contribution in [0.5, 0.6) is 0 Å². The average Bonchev–Trinajstić information content (AvgIpc) is 2.26. The molecule has 0 spiro atoms. The molecule has 1 amide bonds.